The van der Waals surface area contributed by atoms with E-state index in [1.807, 2.05) is 30.3 Å². The minimum Gasteiger partial charge on any atom is -0.464 e. The summed E-state index contributed by atoms with van der Waals surface area (Å²) in [6.45, 7) is 4.46. The minimum absolute atomic E-state index is 0.0446. The molecule has 5 heteroatoms. The first-order valence-electron chi connectivity index (χ1n) is 8.42. The van der Waals surface area contributed by atoms with Crippen LogP contribution < -0.4 is 0 Å². The Bertz CT molecular complexity index is 770. The number of esters is 1. The average Bonchev–Trinajstić information content (AvgIpc) is 2.92. The van der Waals surface area contributed by atoms with E-state index in [1.54, 1.807) is 12.1 Å². The molecule has 5 nitrogen and oxygen atoms in total. The molecular formula is C20H21NO4. The van der Waals surface area contributed by atoms with Gasteiger partial charge >= 0.3 is 5.97 Å². The van der Waals surface area contributed by atoms with Crippen LogP contribution in [0.2, 0.25) is 0 Å². The van der Waals surface area contributed by atoms with Gasteiger partial charge in [0.15, 0.2) is 0 Å². The van der Waals surface area contributed by atoms with E-state index in [9.17, 15) is 14.9 Å². The van der Waals surface area contributed by atoms with E-state index in [0.29, 0.717) is 12.3 Å². The standard InChI is InChI=1S/C20H21NO4/c1-14(2)12-20(16-6-4-3-5-7-16)18(13-25-19(20)22)15-8-10-17(11-9-15)21(23)24/h3-11,14,18H,12-13H2,1-2H3/t18-,20-/m0/s1. The van der Waals surface area contributed by atoms with Gasteiger partial charge in [-0.25, -0.2) is 0 Å². The first kappa shape index (κ1) is 17.1. The molecule has 1 aliphatic heterocycles. The van der Waals surface area contributed by atoms with E-state index in [0.717, 1.165) is 11.1 Å². The van der Waals surface area contributed by atoms with Crippen LogP contribution in [0.3, 0.4) is 0 Å². The lowest BCUT2D eigenvalue weighted by atomic mass is 9.65. The van der Waals surface area contributed by atoms with Crippen molar-refractivity contribution in [2.75, 3.05) is 6.61 Å². The summed E-state index contributed by atoms with van der Waals surface area (Å²) in [5.74, 6) is -0.0761. The number of nitro benzene ring substituents is 1. The summed E-state index contributed by atoms with van der Waals surface area (Å²) >= 11 is 0. The second kappa shape index (κ2) is 6.67. The fraction of sp³-hybridized carbons (Fsp3) is 0.350. The fourth-order valence-electron chi connectivity index (χ4n) is 3.82. The van der Waals surface area contributed by atoms with Crippen molar-refractivity contribution in [3.8, 4) is 0 Å². The summed E-state index contributed by atoms with van der Waals surface area (Å²) in [7, 11) is 0. The highest BCUT2D eigenvalue weighted by molar-refractivity contribution is 5.87. The molecule has 25 heavy (non-hydrogen) atoms. The molecule has 0 N–H and O–H groups in total. The zero-order valence-electron chi connectivity index (χ0n) is 14.3. The van der Waals surface area contributed by atoms with Gasteiger partial charge in [0, 0.05) is 18.1 Å². The largest absolute Gasteiger partial charge is 0.464 e. The van der Waals surface area contributed by atoms with Gasteiger partial charge in [0.1, 0.15) is 5.41 Å². The molecule has 1 heterocycles. The number of hydrogen-bond acceptors (Lipinski definition) is 4. The zero-order valence-corrected chi connectivity index (χ0v) is 14.3. The fourth-order valence-corrected chi connectivity index (χ4v) is 3.82. The van der Waals surface area contributed by atoms with Crippen molar-refractivity contribution in [3.05, 3.63) is 75.8 Å². The number of rotatable bonds is 5. The van der Waals surface area contributed by atoms with Crippen LogP contribution in [0, 0.1) is 16.0 Å². The van der Waals surface area contributed by atoms with Gasteiger partial charge in [-0.05, 0) is 23.5 Å². The second-order valence-electron chi connectivity index (χ2n) is 6.94. The van der Waals surface area contributed by atoms with Crippen LogP contribution >= 0.6 is 0 Å². The average molecular weight is 339 g/mol. The van der Waals surface area contributed by atoms with Gasteiger partial charge in [-0.3, -0.25) is 14.9 Å². The van der Waals surface area contributed by atoms with Crippen LogP contribution in [0.4, 0.5) is 5.69 Å². The molecule has 0 amide bonds. The number of ether oxygens (including phenoxy) is 1. The van der Waals surface area contributed by atoms with E-state index in [1.165, 1.54) is 12.1 Å². The predicted molar refractivity (Wildman–Crippen MR) is 94.4 cm³/mol. The van der Waals surface area contributed by atoms with E-state index >= 15 is 0 Å². The SMILES string of the molecule is CC(C)C[C@@]1(c2ccccc2)C(=O)OC[C@H]1c1ccc([N+](=O)[O-])cc1. The highest BCUT2D eigenvalue weighted by Gasteiger charge is 2.54. The molecule has 0 saturated carbocycles. The van der Waals surface area contributed by atoms with Crippen LogP contribution in [-0.4, -0.2) is 17.5 Å². The van der Waals surface area contributed by atoms with Gasteiger partial charge < -0.3 is 4.74 Å². The first-order valence-corrected chi connectivity index (χ1v) is 8.42. The Morgan fingerprint density at radius 1 is 1.16 bits per heavy atom. The summed E-state index contributed by atoms with van der Waals surface area (Å²) in [5.41, 5.74) is 1.12. The van der Waals surface area contributed by atoms with E-state index in [2.05, 4.69) is 13.8 Å². The normalized spacial score (nSPS) is 22.8. The monoisotopic (exact) mass is 339 g/mol. The van der Waals surface area contributed by atoms with E-state index in [4.69, 9.17) is 4.74 Å². The van der Waals surface area contributed by atoms with Crippen molar-refractivity contribution < 1.29 is 14.5 Å². The first-order chi connectivity index (χ1) is 11.9. The molecule has 0 bridgehead atoms. The quantitative estimate of drug-likeness (QED) is 0.464. The Morgan fingerprint density at radius 3 is 2.36 bits per heavy atom. The highest BCUT2D eigenvalue weighted by atomic mass is 16.6. The van der Waals surface area contributed by atoms with Gasteiger partial charge in [0.25, 0.3) is 5.69 Å². The third-order valence-electron chi connectivity index (χ3n) is 4.87. The van der Waals surface area contributed by atoms with E-state index in [-0.39, 0.29) is 24.2 Å². The second-order valence-corrected chi connectivity index (χ2v) is 6.94. The van der Waals surface area contributed by atoms with Gasteiger partial charge in [-0.1, -0.05) is 56.3 Å². The van der Waals surface area contributed by atoms with Crippen LogP contribution in [0.1, 0.15) is 37.3 Å². The Morgan fingerprint density at radius 2 is 1.80 bits per heavy atom. The zero-order chi connectivity index (χ0) is 18.0. The topological polar surface area (TPSA) is 69.4 Å². The van der Waals surface area contributed by atoms with Crippen molar-refractivity contribution in [2.45, 2.75) is 31.6 Å². The molecular weight excluding hydrogens is 318 g/mol. The van der Waals surface area contributed by atoms with Crippen LogP contribution in [0.5, 0.6) is 0 Å². The summed E-state index contributed by atoms with van der Waals surface area (Å²) in [4.78, 5) is 23.3. The summed E-state index contributed by atoms with van der Waals surface area (Å²) < 4.78 is 5.50. The smallest absolute Gasteiger partial charge is 0.317 e. The Hall–Kier alpha value is -2.69. The molecule has 130 valence electrons. The van der Waals surface area contributed by atoms with Crippen molar-refractivity contribution in [1.29, 1.82) is 0 Å². The van der Waals surface area contributed by atoms with E-state index < -0.39 is 10.3 Å². The predicted octanol–water partition coefficient (Wildman–Crippen LogP) is 4.22. The maximum atomic E-state index is 12.9. The molecule has 2 atom stereocenters. The number of nitro groups is 1. The number of benzene rings is 2. The summed E-state index contributed by atoms with van der Waals surface area (Å²) in [6.07, 6.45) is 0.664. The Balaban J connectivity index is 2.10. The number of nitrogens with zero attached hydrogens (tertiary/aromatic N) is 1. The van der Waals surface area contributed by atoms with Crippen molar-refractivity contribution in [2.24, 2.45) is 5.92 Å². The maximum absolute atomic E-state index is 12.9. The van der Waals surface area contributed by atoms with Crippen molar-refractivity contribution >= 4 is 11.7 Å². The molecule has 0 aromatic heterocycles. The van der Waals surface area contributed by atoms with Gasteiger partial charge in [0.05, 0.1) is 11.5 Å². The van der Waals surface area contributed by atoms with Crippen LogP contribution in [0.25, 0.3) is 0 Å². The minimum atomic E-state index is -0.758. The summed E-state index contributed by atoms with van der Waals surface area (Å²) in [6, 6.07) is 16.2. The number of non-ortho nitro benzene ring substituents is 1. The lowest BCUT2D eigenvalue weighted by Crippen LogP contribution is -2.38. The molecule has 0 aliphatic carbocycles. The Kier molecular flexibility index (Phi) is 4.57. The van der Waals surface area contributed by atoms with Crippen molar-refractivity contribution in [3.63, 3.8) is 0 Å². The van der Waals surface area contributed by atoms with Crippen LogP contribution in [-0.2, 0) is 14.9 Å². The van der Waals surface area contributed by atoms with Crippen molar-refractivity contribution in [1.82, 2.24) is 0 Å². The lowest BCUT2D eigenvalue weighted by molar-refractivity contribution is -0.384. The highest BCUT2D eigenvalue weighted by Crippen LogP contribution is 2.49. The molecule has 1 saturated heterocycles. The van der Waals surface area contributed by atoms with Gasteiger partial charge in [-0.15, -0.1) is 0 Å². The third kappa shape index (κ3) is 3.02. The number of carbonyl (C=O) groups is 1. The Labute approximate surface area is 146 Å². The molecule has 0 radical (unpaired) electrons. The lowest BCUT2D eigenvalue weighted by Gasteiger charge is -2.33. The van der Waals surface area contributed by atoms with Gasteiger partial charge in [0.2, 0.25) is 0 Å². The molecule has 0 spiro atoms. The molecule has 2 aromatic rings. The van der Waals surface area contributed by atoms with Crippen LogP contribution in [0.15, 0.2) is 54.6 Å². The molecule has 0 unspecified atom stereocenters. The molecule has 2 aromatic carbocycles. The number of hydrogen-bond donors (Lipinski definition) is 0. The van der Waals surface area contributed by atoms with Gasteiger partial charge in [-0.2, -0.15) is 0 Å². The number of carbonyl (C=O) groups excluding carboxylic acids is 1. The molecule has 3 rings (SSSR count). The summed E-state index contributed by atoms with van der Waals surface area (Å²) in [5, 5.41) is 10.9. The maximum Gasteiger partial charge on any atom is 0.317 e. The third-order valence-corrected chi connectivity index (χ3v) is 4.87. The number of cyclic esters (lactones) is 1. The molecule has 1 fully saturated rings. The molecule has 1 aliphatic rings.